The van der Waals surface area contributed by atoms with Crippen molar-refractivity contribution < 1.29 is 4.39 Å². The largest absolute Gasteiger partial charge is 0.312 e. The van der Waals surface area contributed by atoms with Crippen LogP contribution >= 0.6 is 0 Å². The number of nitrogens with zero attached hydrogens (tertiary/aromatic N) is 1. The van der Waals surface area contributed by atoms with Gasteiger partial charge in [0.2, 0.25) is 0 Å². The van der Waals surface area contributed by atoms with Crippen LogP contribution in [0.3, 0.4) is 0 Å². The van der Waals surface area contributed by atoms with Crippen LogP contribution in [0.25, 0.3) is 0 Å². The van der Waals surface area contributed by atoms with Crippen LogP contribution in [-0.2, 0) is 0 Å². The van der Waals surface area contributed by atoms with Gasteiger partial charge in [-0.3, -0.25) is 4.90 Å². The van der Waals surface area contributed by atoms with Crippen LogP contribution in [0.5, 0.6) is 0 Å². The van der Waals surface area contributed by atoms with E-state index >= 15 is 0 Å². The van der Waals surface area contributed by atoms with Crippen LogP contribution in [0, 0.1) is 5.82 Å². The molecule has 18 heavy (non-hydrogen) atoms. The van der Waals surface area contributed by atoms with E-state index in [1.165, 1.54) is 6.07 Å². The first-order valence-corrected chi connectivity index (χ1v) is 6.75. The van der Waals surface area contributed by atoms with E-state index in [0.29, 0.717) is 6.04 Å². The first-order chi connectivity index (χ1) is 8.60. The van der Waals surface area contributed by atoms with Gasteiger partial charge in [0.05, 0.1) is 0 Å². The number of halogens is 1. The van der Waals surface area contributed by atoms with Crippen molar-refractivity contribution in [3.63, 3.8) is 0 Å². The molecule has 1 aromatic carbocycles. The summed E-state index contributed by atoms with van der Waals surface area (Å²) in [6, 6.07) is 7.54. The first kappa shape index (κ1) is 15.1. The van der Waals surface area contributed by atoms with Gasteiger partial charge in [0.1, 0.15) is 5.82 Å². The summed E-state index contributed by atoms with van der Waals surface area (Å²) in [6.45, 7) is 8.42. The summed E-state index contributed by atoms with van der Waals surface area (Å²) in [6.07, 6.45) is 1.12. The highest BCUT2D eigenvalue weighted by Gasteiger charge is 2.18. The van der Waals surface area contributed by atoms with Crippen molar-refractivity contribution in [3.05, 3.63) is 35.6 Å². The summed E-state index contributed by atoms with van der Waals surface area (Å²) in [5.74, 6) is -0.128. The van der Waals surface area contributed by atoms with E-state index in [-0.39, 0.29) is 11.9 Å². The molecule has 0 aliphatic heterocycles. The Morgan fingerprint density at radius 3 is 2.44 bits per heavy atom. The molecular weight excluding hydrogens is 227 g/mol. The van der Waals surface area contributed by atoms with Gasteiger partial charge in [0.25, 0.3) is 0 Å². The van der Waals surface area contributed by atoms with E-state index in [1.54, 1.807) is 6.07 Å². The molecule has 102 valence electrons. The third-order valence-corrected chi connectivity index (χ3v) is 3.29. The zero-order valence-corrected chi connectivity index (χ0v) is 11.9. The van der Waals surface area contributed by atoms with E-state index in [1.807, 2.05) is 19.2 Å². The lowest BCUT2D eigenvalue weighted by Crippen LogP contribution is -2.39. The van der Waals surface area contributed by atoms with Crippen molar-refractivity contribution in [2.75, 3.05) is 20.1 Å². The van der Waals surface area contributed by atoms with E-state index in [2.05, 4.69) is 31.0 Å². The third kappa shape index (κ3) is 4.07. The van der Waals surface area contributed by atoms with Gasteiger partial charge in [-0.25, -0.2) is 4.39 Å². The zero-order valence-electron chi connectivity index (χ0n) is 11.9. The Bertz CT molecular complexity index is 352. The molecule has 1 aromatic rings. The molecule has 0 bridgehead atoms. The highest BCUT2D eigenvalue weighted by molar-refractivity contribution is 5.21. The second-order valence-corrected chi connectivity index (χ2v) is 4.95. The van der Waals surface area contributed by atoms with Crippen molar-refractivity contribution in [2.24, 2.45) is 0 Å². The Morgan fingerprint density at radius 2 is 1.94 bits per heavy atom. The van der Waals surface area contributed by atoms with Gasteiger partial charge < -0.3 is 5.32 Å². The summed E-state index contributed by atoms with van der Waals surface area (Å²) in [7, 11) is 1.89. The third-order valence-electron chi connectivity index (χ3n) is 3.29. The highest BCUT2D eigenvalue weighted by Crippen LogP contribution is 2.18. The fourth-order valence-corrected chi connectivity index (χ4v) is 2.18. The molecule has 1 unspecified atom stereocenters. The second-order valence-electron chi connectivity index (χ2n) is 4.95. The fraction of sp³-hybridized carbons (Fsp3) is 0.600. The van der Waals surface area contributed by atoms with Crippen LogP contribution in [0.1, 0.15) is 38.8 Å². The van der Waals surface area contributed by atoms with Gasteiger partial charge >= 0.3 is 0 Å². The molecule has 0 amide bonds. The first-order valence-electron chi connectivity index (χ1n) is 6.75. The van der Waals surface area contributed by atoms with Crippen LogP contribution in [0.15, 0.2) is 24.3 Å². The maximum atomic E-state index is 13.8. The van der Waals surface area contributed by atoms with Gasteiger partial charge in [0, 0.05) is 24.2 Å². The molecule has 1 N–H and O–H groups in total. The summed E-state index contributed by atoms with van der Waals surface area (Å²) >= 11 is 0. The molecule has 0 fully saturated rings. The summed E-state index contributed by atoms with van der Waals surface area (Å²) < 4.78 is 13.8. The molecule has 0 saturated heterocycles. The second kappa shape index (κ2) is 7.49. The summed E-state index contributed by atoms with van der Waals surface area (Å²) in [5.41, 5.74) is 0.752. The maximum Gasteiger partial charge on any atom is 0.128 e. The fourth-order valence-electron chi connectivity index (χ4n) is 2.18. The standard InChI is InChI=1S/C15H25FN2/c1-5-10-18(12(2)3)11-15(17-4)13-8-6-7-9-14(13)16/h6-9,12,15,17H,5,10-11H2,1-4H3. The SMILES string of the molecule is CCCN(CC(NC)c1ccccc1F)C(C)C. The van der Waals surface area contributed by atoms with Gasteiger partial charge in [-0.2, -0.15) is 0 Å². The number of hydrogen-bond acceptors (Lipinski definition) is 2. The zero-order chi connectivity index (χ0) is 13.5. The molecule has 0 radical (unpaired) electrons. The summed E-state index contributed by atoms with van der Waals surface area (Å²) in [4.78, 5) is 2.38. The van der Waals surface area contributed by atoms with Gasteiger partial charge in [-0.05, 0) is 39.9 Å². The number of benzene rings is 1. The van der Waals surface area contributed by atoms with E-state index in [0.717, 1.165) is 25.1 Å². The van der Waals surface area contributed by atoms with Crippen molar-refractivity contribution in [3.8, 4) is 0 Å². The quantitative estimate of drug-likeness (QED) is 0.801. The minimum Gasteiger partial charge on any atom is -0.312 e. The molecule has 0 aliphatic rings. The molecule has 1 atom stereocenters. The molecule has 3 heteroatoms. The topological polar surface area (TPSA) is 15.3 Å². The number of likely N-dealkylation sites (N-methyl/N-ethyl adjacent to an activating group) is 1. The van der Waals surface area contributed by atoms with Crippen molar-refractivity contribution >= 4 is 0 Å². The maximum absolute atomic E-state index is 13.8. The van der Waals surface area contributed by atoms with E-state index in [4.69, 9.17) is 0 Å². The molecule has 0 saturated carbocycles. The van der Waals surface area contributed by atoms with Crippen molar-refractivity contribution in [1.29, 1.82) is 0 Å². The molecule has 0 spiro atoms. The lowest BCUT2D eigenvalue weighted by molar-refractivity contribution is 0.199. The molecular formula is C15H25FN2. The molecule has 1 rings (SSSR count). The minimum atomic E-state index is -0.128. The minimum absolute atomic E-state index is 0.0418. The lowest BCUT2D eigenvalue weighted by atomic mass is 10.0. The Hall–Kier alpha value is -0.930. The number of rotatable bonds is 7. The van der Waals surface area contributed by atoms with Crippen molar-refractivity contribution in [1.82, 2.24) is 10.2 Å². The van der Waals surface area contributed by atoms with Gasteiger partial charge in [-0.15, -0.1) is 0 Å². The average molecular weight is 252 g/mol. The smallest absolute Gasteiger partial charge is 0.128 e. The Labute approximate surface area is 110 Å². The van der Waals surface area contributed by atoms with Crippen molar-refractivity contribution in [2.45, 2.75) is 39.3 Å². The van der Waals surface area contributed by atoms with Gasteiger partial charge in [0.15, 0.2) is 0 Å². The van der Waals surface area contributed by atoms with Crippen LogP contribution < -0.4 is 5.32 Å². The van der Waals surface area contributed by atoms with Gasteiger partial charge in [-0.1, -0.05) is 25.1 Å². The molecule has 2 nitrogen and oxygen atoms in total. The highest BCUT2D eigenvalue weighted by atomic mass is 19.1. The summed E-state index contributed by atoms with van der Waals surface area (Å²) in [5, 5.41) is 3.22. The number of nitrogens with one attached hydrogen (secondary N) is 1. The van der Waals surface area contributed by atoms with Crippen LogP contribution in [-0.4, -0.2) is 31.1 Å². The molecule has 0 aromatic heterocycles. The predicted molar refractivity (Wildman–Crippen MR) is 75.2 cm³/mol. The monoisotopic (exact) mass is 252 g/mol. The normalized spacial score (nSPS) is 13.3. The van der Waals surface area contributed by atoms with Crippen LogP contribution in [0.4, 0.5) is 4.39 Å². The lowest BCUT2D eigenvalue weighted by Gasteiger charge is -2.30. The molecule has 0 aliphatic carbocycles. The van der Waals surface area contributed by atoms with Crippen LogP contribution in [0.2, 0.25) is 0 Å². The Morgan fingerprint density at radius 1 is 1.28 bits per heavy atom. The Kier molecular flexibility index (Phi) is 6.30. The predicted octanol–water partition coefficient (Wildman–Crippen LogP) is 3.21. The molecule has 0 heterocycles. The number of hydrogen-bond donors (Lipinski definition) is 1. The average Bonchev–Trinajstić information content (AvgIpc) is 2.35. The van der Waals surface area contributed by atoms with E-state index in [9.17, 15) is 4.39 Å². The Balaban J connectivity index is 2.80. The van der Waals surface area contributed by atoms with E-state index < -0.39 is 0 Å².